The Morgan fingerprint density at radius 3 is 2.34 bits per heavy atom. The number of carbonyl (C=O) groups is 2. The molecule has 206 valence electrons. The van der Waals surface area contributed by atoms with Crippen LogP contribution in [0.3, 0.4) is 0 Å². The lowest BCUT2D eigenvalue weighted by Gasteiger charge is -2.15. The smallest absolute Gasteiger partial charge is 0.270 e. The third kappa shape index (κ3) is 6.95. The summed E-state index contributed by atoms with van der Waals surface area (Å²) < 4.78 is 17.5. The molecule has 0 bridgehead atoms. The van der Waals surface area contributed by atoms with Crippen molar-refractivity contribution in [2.24, 2.45) is 0 Å². The summed E-state index contributed by atoms with van der Waals surface area (Å²) in [6.07, 6.45) is 1.75. The largest absolute Gasteiger partial charge is 0.493 e. The Morgan fingerprint density at radius 2 is 1.63 bits per heavy atom. The van der Waals surface area contributed by atoms with E-state index in [4.69, 9.17) is 26.4 Å². The van der Waals surface area contributed by atoms with Crippen LogP contribution in [-0.4, -0.2) is 29.9 Å². The summed E-state index contributed by atoms with van der Waals surface area (Å²) in [4.78, 5) is 27.6. The van der Waals surface area contributed by atoms with E-state index in [-0.39, 0.29) is 18.4 Å². The van der Waals surface area contributed by atoms with Crippen LogP contribution < -0.4 is 24.4 Å². The van der Waals surface area contributed by atoms with Gasteiger partial charge in [0.1, 0.15) is 11.5 Å². The summed E-state index contributed by atoms with van der Waals surface area (Å²) >= 11 is 6.75. The van der Waals surface area contributed by atoms with Crippen molar-refractivity contribution in [2.75, 3.05) is 23.9 Å². The van der Waals surface area contributed by atoms with E-state index >= 15 is 0 Å². The molecule has 0 spiro atoms. The normalized spacial score (nSPS) is 13.8. The zero-order valence-electron chi connectivity index (χ0n) is 22.3. The van der Waals surface area contributed by atoms with Crippen LogP contribution in [0.15, 0.2) is 102 Å². The summed E-state index contributed by atoms with van der Waals surface area (Å²) in [5.74, 6) is 1.72. The molecule has 1 aliphatic heterocycles. The quantitative estimate of drug-likeness (QED) is 0.165. The third-order valence-corrected chi connectivity index (χ3v) is 7.35. The predicted octanol–water partition coefficient (Wildman–Crippen LogP) is 7.22. The van der Waals surface area contributed by atoms with Crippen LogP contribution in [0, 0.1) is 6.92 Å². The van der Waals surface area contributed by atoms with Crippen LogP contribution in [0.4, 0.5) is 11.4 Å². The molecule has 0 aliphatic carbocycles. The van der Waals surface area contributed by atoms with Gasteiger partial charge in [0.05, 0.1) is 17.7 Å². The number of thioether (sulfide) groups is 1. The van der Waals surface area contributed by atoms with Gasteiger partial charge in [0, 0.05) is 5.69 Å². The minimum Gasteiger partial charge on any atom is -0.493 e. The average molecular weight is 583 g/mol. The maximum Gasteiger partial charge on any atom is 0.270 e. The van der Waals surface area contributed by atoms with Crippen LogP contribution in [0.25, 0.3) is 6.08 Å². The second-order valence-electron chi connectivity index (χ2n) is 9.04. The minimum atomic E-state index is -0.289. The highest BCUT2D eigenvalue weighted by atomic mass is 32.2. The fourth-order valence-corrected chi connectivity index (χ4v) is 5.30. The Morgan fingerprint density at radius 1 is 0.927 bits per heavy atom. The highest BCUT2D eigenvalue weighted by Crippen LogP contribution is 2.38. The fourth-order valence-electron chi connectivity index (χ4n) is 4.00. The van der Waals surface area contributed by atoms with Gasteiger partial charge in [-0.15, -0.1) is 0 Å². The number of amides is 2. The number of para-hydroxylation sites is 1. The van der Waals surface area contributed by atoms with Gasteiger partial charge in [0.25, 0.3) is 11.8 Å². The van der Waals surface area contributed by atoms with Gasteiger partial charge in [-0.25, -0.2) is 0 Å². The second-order valence-corrected chi connectivity index (χ2v) is 10.7. The predicted molar refractivity (Wildman–Crippen MR) is 167 cm³/mol. The number of aryl methyl sites for hydroxylation is 1. The van der Waals surface area contributed by atoms with Gasteiger partial charge < -0.3 is 19.5 Å². The van der Waals surface area contributed by atoms with Gasteiger partial charge in [0.2, 0.25) is 0 Å². The molecule has 41 heavy (non-hydrogen) atoms. The lowest BCUT2D eigenvalue weighted by Crippen LogP contribution is -2.27. The van der Waals surface area contributed by atoms with Crippen molar-refractivity contribution in [3.05, 3.63) is 113 Å². The van der Waals surface area contributed by atoms with Gasteiger partial charge in [-0.05, 0) is 79.2 Å². The molecule has 5 rings (SSSR count). The molecule has 0 radical (unpaired) electrons. The Bertz CT molecular complexity index is 1600. The first-order valence-electron chi connectivity index (χ1n) is 12.7. The molecule has 1 fully saturated rings. The van der Waals surface area contributed by atoms with Crippen LogP contribution in [0.5, 0.6) is 23.0 Å². The van der Waals surface area contributed by atoms with E-state index in [1.54, 1.807) is 48.5 Å². The molecule has 2 amide bonds. The number of anilines is 2. The molecule has 1 aliphatic rings. The van der Waals surface area contributed by atoms with Crippen molar-refractivity contribution in [1.82, 2.24) is 0 Å². The van der Waals surface area contributed by atoms with Crippen molar-refractivity contribution < 1.29 is 23.8 Å². The Hall–Kier alpha value is -4.60. The molecule has 0 aromatic heterocycles. The maximum absolute atomic E-state index is 13.3. The average Bonchev–Trinajstić information content (AvgIpc) is 3.26. The lowest BCUT2D eigenvalue weighted by molar-refractivity contribution is -0.118. The number of benzene rings is 4. The highest BCUT2D eigenvalue weighted by molar-refractivity contribution is 8.27. The number of nitrogens with zero attached hydrogens (tertiary/aromatic N) is 1. The lowest BCUT2D eigenvalue weighted by atomic mass is 10.1. The second kappa shape index (κ2) is 12.7. The number of ether oxygens (including phenoxy) is 3. The van der Waals surface area contributed by atoms with E-state index in [2.05, 4.69) is 5.32 Å². The molecule has 0 atom stereocenters. The van der Waals surface area contributed by atoms with E-state index in [0.717, 1.165) is 16.9 Å². The third-order valence-electron chi connectivity index (χ3n) is 6.05. The van der Waals surface area contributed by atoms with E-state index < -0.39 is 0 Å². The molecule has 9 heteroatoms. The first-order valence-corrected chi connectivity index (χ1v) is 13.9. The number of hydrogen-bond donors (Lipinski definition) is 1. The summed E-state index contributed by atoms with van der Waals surface area (Å²) in [5, 5.41) is 2.80. The van der Waals surface area contributed by atoms with Crippen molar-refractivity contribution in [3.63, 3.8) is 0 Å². The summed E-state index contributed by atoms with van der Waals surface area (Å²) in [6.45, 7) is 1.80. The van der Waals surface area contributed by atoms with Crippen molar-refractivity contribution >= 4 is 57.6 Å². The molecule has 1 heterocycles. The van der Waals surface area contributed by atoms with Crippen molar-refractivity contribution in [1.29, 1.82) is 0 Å². The van der Waals surface area contributed by atoms with E-state index in [9.17, 15) is 9.59 Å². The molecule has 7 nitrogen and oxygen atoms in total. The van der Waals surface area contributed by atoms with E-state index in [1.165, 1.54) is 23.8 Å². The Balaban J connectivity index is 1.24. The molecule has 0 saturated carbocycles. The van der Waals surface area contributed by atoms with Crippen LogP contribution in [0.2, 0.25) is 0 Å². The van der Waals surface area contributed by atoms with Gasteiger partial charge in [-0.1, -0.05) is 65.9 Å². The molecule has 1 saturated heterocycles. The van der Waals surface area contributed by atoms with Gasteiger partial charge >= 0.3 is 0 Å². The van der Waals surface area contributed by atoms with Crippen LogP contribution in [0.1, 0.15) is 11.1 Å². The molecular formula is C32H26N2O5S2. The van der Waals surface area contributed by atoms with E-state index in [1.807, 2.05) is 61.5 Å². The zero-order chi connectivity index (χ0) is 28.8. The highest BCUT2D eigenvalue weighted by Gasteiger charge is 2.33. The molecular weight excluding hydrogens is 556 g/mol. The number of carbonyl (C=O) groups excluding carboxylic acids is 2. The summed E-state index contributed by atoms with van der Waals surface area (Å²) in [5.41, 5.74) is 3.18. The summed E-state index contributed by atoms with van der Waals surface area (Å²) in [6, 6.07) is 29.4. The zero-order valence-corrected chi connectivity index (χ0v) is 24.0. The van der Waals surface area contributed by atoms with E-state index in [0.29, 0.717) is 37.8 Å². The minimum absolute atomic E-state index is 0.183. The van der Waals surface area contributed by atoms with Crippen LogP contribution >= 0.6 is 24.0 Å². The van der Waals surface area contributed by atoms with Gasteiger partial charge in [-0.2, -0.15) is 0 Å². The SMILES string of the molecule is COc1cc(/C=C2\SC(=S)N(c3ccc(Oc4ccccc4)cc3)C2=O)ccc1OCC(=O)Nc1ccc(C)cc1. The number of thiocarbonyl (C=S) groups is 1. The standard InChI is InChI=1S/C32H26N2O5S2/c1-21-8-11-23(12-9-21)33-30(35)20-38-27-17-10-22(18-28(27)37-2)19-29-31(36)34(32(40)41-29)24-13-15-26(16-14-24)39-25-6-4-3-5-7-25/h3-19H,20H2,1-2H3,(H,33,35)/b29-19-. The van der Waals surface area contributed by atoms with Gasteiger partial charge in [0.15, 0.2) is 22.4 Å². The Labute approximate surface area is 247 Å². The Kier molecular flexibility index (Phi) is 8.67. The number of rotatable bonds is 9. The topological polar surface area (TPSA) is 77.1 Å². The fraction of sp³-hybridized carbons (Fsp3) is 0.0938. The summed E-state index contributed by atoms with van der Waals surface area (Å²) in [7, 11) is 1.52. The van der Waals surface area contributed by atoms with Crippen LogP contribution in [-0.2, 0) is 9.59 Å². The van der Waals surface area contributed by atoms with Crippen molar-refractivity contribution in [3.8, 4) is 23.0 Å². The first kappa shape index (κ1) is 27.9. The molecule has 1 N–H and O–H groups in total. The van der Waals surface area contributed by atoms with Crippen molar-refractivity contribution in [2.45, 2.75) is 6.92 Å². The monoisotopic (exact) mass is 582 g/mol. The molecule has 4 aromatic carbocycles. The molecule has 0 unspecified atom stereocenters. The number of methoxy groups -OCH3 is 1. The first-order chi connectivity index (χ1) is 19.9. The molecule has 4 aromatic rings. The number of hydrogen-bond acceptors (Lipinski definition) is 7. The van der Waals surface area contributed by atoms with Gasteiger partial charge in [-0.3, -0.25) is 14.5 Å². The maximum atomic E-state index is 13.3. The number of nitrogens with one attached hydrogen (secondary N) is 1.